The van der Waals surface area contributed by atoms with Crippen LogP contribution in [0.25, 0.3) is 0 Å². The Morgan fingerprint density at radius 3 is 2.15 bits per heavy atom. The third-order valence-electron chi connectivity index (χ3n) is 9.51. The van der Waals surface area contributed by atoms with Crippen LogP contribution in [0.4, 0.5) is 0 Å². The Labute approximate surface area is 270 Å². The van der Waals surface area contributed by atoms with E-state index in [1.807, 2.05) is 0 Å². The molecule has 0 spiro atoms. The largest absolute Gasteiger partial charge is 0.459 e. The minimum Gasteiger partial charge on any atom is -0.459 e. The van der Waals surface area contributed by atoms with E-state index in [1.165, 1.54) is 13.8 Å². The molecule has 258 valence electrons. The number of carbonyl (C=O) groups is 5. The Bertz CT molecular complexity index is 1260. The normalized spacial score (nSPS) is 33.8. The maximum absolute atomic E-state index is 13.3. The first-order valence-corrected chi connectivity index (χ1v) is 16.3. The molecule has 0 bridgehead atoms. The SMILES string of the molecule is CC=C(C)C(=O)OC1C(C)=C2[C@H](C1OC(=O)CCCCCCC)[C@@](C)(OC(C)=O)C[C@H](OC(=O)CCC)[C@@]1(O)[C@H]2OC(=O)[C@@]1(C)O. The van der Waals surface area contributed by atoms with Gasteiger partial charge in [-0.05, 0) is 58.6 Å². The molecule has 3 rings (SSSR count). The molecule has 12 heteroatoms. The second kappa shape index (κ2) is 14.7. The van der Waals surface area contributed by atoms with Gasteiger partial charge in [0.05, 0.1) is 5.92 Å². The van der Waals surface area contributed by atoms with Crippen LogP contribution < -0.4 is 0 Å². The molecule has 2 unspecified atom stereocenters. The van der Waals surface area contributed by atoms with Crippen LogP contribution in [0.3, 0.4) is 0 Å². The van der Waals surface area contributed by atoms with Crippen LogP contribution in [0, 0.1) is 5.92 Å². The summed E-state index contributed by atoms with van der Waals surface area (Å²) in [4.78, 5) is 65.1. The summed E-state index contributed by atoms with van der Waals surface area (Å²) in [5, 5.41) is 23.9. The number of aliphatic hydroxyl groups is 2. The maximum Gasteiger partial charge on any atom is 0.341 e. The van der Waals surface area contributed by atoms with E-state index < -0.39 is 83.4 Å². The van der Waals surface area contributed by atoms with Gasteiger partial charge in [0, 0.05) is 31.8 Å². The van der Waals surface area contributed by atoms with Gasteiger partial charge in [0.1, 0.15) is 11.7 Å². The highest BCUT2D eigenvalue weighted by atomic mass is 16.6. The summed E-state index contributed by atoms with van der Waals surface area (Å²) in [6.07, 6.45) is 0.272. The van der Waals surface area contributed by atoms with Crippen LogP contribution in [-0.2, 0) is 47.7 Å². The van der Waals surface area contributed by atoms with E-state index in [9.17, 15) is 34.2 Å². The lowest BCUT2D eigenvalue weighted by atomic mass is 9.75. The van der Waals surface area contributed by atoms with Crippen molar-refractivity contribution < 1.29 is 57.9 Å². The first-order chi connectivity index (χ1) is 21.5. The van der Waals surface area contributed by atoms with E-state index in [2.05, 4.69) is 6.92 Å². The predicted octanol–water partition coefficient (Wildman–Crippen LogP) is 3.93. The van der Waals surface area contributed by atoms with E-state index >= 15 is 0 Å². The van der Waals surface area contributed by atoms with Gasteiger partial charge in [0.25, 0.3) is 0 Å². The van der Waals surface area contributed by atoms with Crippen LogP contribution in [0.2, 0.25) is 0 Å². The third kappa shape index (κ3) is 7.02. The van der Waals surface area contributed by atoms with Crippen LogP contribution in [0.15, 0.2) is 22.8 Å². The van der Waals surface area contributed by atoms with Crippen molar-refractivity contribution in [3.8, 4) is 0 Å². The maximum atomic E-state index is 13.3. The summed E-state index contributed by atoms with van der Waals surface area (Å²) < 4.78 is 29.3. The third-order valence-corrected chi connectivity index (χ3v) is 9.51. The summed E-state index contributed by atoms with van der Waals surface area (Å²) in [6, 6.07) is 0. The lowest BCUT2D eigenvalue weighted by Gasteiger charge is -2.41. The topological polar surface area (TPSA) is 172 Å². The molecule has 1 heterocycles. The molecule has 2 N–H and O–H groups in total. The second-order valence-electron chi connectivity index (χ2n) is 13.1. The van der Waals surface area contributed by atoms with Crippen molar-refractivity contribution in [1.82, 2.24) is 0 Å². The van der Waals surface area contributed by atoms with Crippen LogP contribution in [0.1, 0.15) is 113 Å². The molecule has 12 nitrogen and oxygen atoms in total. The van der Waals surface area contributed by atoms with Crippen molar-refractivity contribution in [1.29, 1.82) is 0 Å². The van der Waals surface area contributed by atoms with Gasteiger partial charge in [-0.25, -0.2) is 9.59 Å². The molecule has 1 aliphatic heterocycles. The molecule has 8 atom stereocenters. The van der Waals surface area contributed by atoms with Crippen molar-refractivity contribution in [2.45, 2.75) is 154 Å². The molecular weight excluding hydrogens is 600 g/mol. The highest BCUT2D eigenvalue weighted by Gasteiger charge is 2.76. The number of esters is 5. The van der Waals surface area contributed by atoms with Gasteiger partial charge >= 0.3 is 29.8 Å². The minimum atomic E-state index is -2.57. The monoisotopic (exact) mass is 650 g/mol. The average Bonchev–Trinajstić information content (AvgIpc) is 3.30. The van der Waals surface area contributed by atoms with Gasteiger partial charge in [0.15, 0.2) is 29.5 Å². The summed E-state index contributed by atoms with van der Waals surface area (Å²) in [7, 11) is 0. The molecule has 46 heavy (non-hydrogen) atoms. The van der Waals surface area contributed by atoms with Gasteiger partial charge in [-0.1, -0.05) is 45.6 Å². The molecule has 0 amide bonds. The van der Waals surface area contributed by atoms with Crippen molar-refractivity contribution in [2.75, 3.05) is 0 Å². The van der Waals surface area contributed by atoms with E-state index in [0.717, 1.165) is 32.6 Å². The summed E-state index contributed by atoms with van der Waals surface area (Å²) in [5.74, 6) is -5.03. The molecule has 2 fully saturated rings. The number of unbranched alkanes of at least 4 members (excludes halogenated alkanes) is 4. The zero-order chi connectivity index (χ0) is 34.6. The van der Waals surface area contributed by atoms with Gasteiger partial charge in [-0.2, -0.15) is 0 Å². The first kappa shape index (κ1) is 37.2. The highest BCUT2D eigenvalue weighted by Crippen LogP contribution is 2.57. The quantitative estimate of drug-likeness (QED) is 0.0969. The van der Waals surface area contributed by atoms with E-state index in [1.54, 1.807) is 33.8 Å². The van der Waals surface area contributed by atoms with Gasteiger partial charge in [-0.15, -0.1) is 0 Å². The fourth-order valence-electron chi connectivity index (χ4n) is 6.90. The summed E-state index contributed by atoms with van der Waals surface area (Å²) >= 11 is 0. The number of carbonyl (C=O) groups excluding carboxylic acids is 5. The van der Waals surface area contributed by atoms with Crippen molar-refractivity contribution in [3.63, 3.8) is 0 Å². The average molecular weight is 651 g/mol. The zero-order valence-electron chi connectivity index (χ0n) is 28.3. The molecule has 0 aromatic rings. The molecule has 1 saturated carbocycles. The Morgan fingerprint density at radius 2 is 1.57 bits per heavy atom. The van der Waals surface area contributed by atoms with Crippen LogP contribution >= 0.6 is 0 Å². The fraction of sp³-hybridized carbons (Fsp3) is 0.735. The lowest BCUT2D eigenvalue weighted by molar-refractivity contribution is -0.212. The predicted molar refractivity (Wildman–Crippen MR) is 164 cm³/mol. The lowest BCUT2D eigenvalue weighted by Crippen LogP contribution is -2.64. The number of fused-ring (bicyclic) bond motifs is 3. The highest BCUT2D eigenvalue weighted by molar-refractivity contribution is 5.88. The Morgan fingerprint density at radius 1 is 0.935 bits per heavy atom. The fourth-order valence-corrected chi connectivity index (χ4v) is 6.90. The molecule has 0 aromatic heterocycles. The van der Waals surface area contributed by atoms with Gasteiger partial charge < -0.3 is 33.9 Å². The van der Waals surface area contributed by atoms with Gasteiger partial charge in [-0.3, -0.25) is 14.4 Å². The van der Waals surface area contributed by atoms with E-state index in [4.69, 9.17) is 23.7 Å². The second-order valence-corrected chi connectivity index (χ2v) is 13.1. The molecular formula is C34H50O12. The zero-order valence-corrected chi connectivity index (χ0v) is 28.3. The number of allylic oxidation sites excluding steroid dienone is 1. The number of hydrogen-bond acceptors (Lipinski definition) is 12. The van der Waals surface area contributed by atoms with Crippen LogP contribution in [-0.4, -0.2) is 81.3 Å². The Kier molecular flexibility index (Phi) is 11.9. The molecule has 1 saturated heterocycles. The smallest absolute Gasteiger partial charge is 0.341 e. The standard InChI is InChI=1S/C34H50O12/c1-9-12-13-14-15-17-24(37)43-28-26-25(20(5)27(28)44-30(38)19(4)11-3)29-34(41,33(8,40)31(39)45-29)22(42-23(36)16-10-2)18-32(26,7)46-21(6)35/h11,22,26-29,40-41H,9-10,12-18H2,1-8H3/t22-,26+,27?,28?,29-,32-,33+,34+/m0/s1. The molecule has 2 aliphatic carbocycles. The van der Waals surface area contributed by atoms with E-state index in [-0.39, 0.29) is 29.6 Å². The van der Waals surface area contributed by atoms with Crippen molar-refractivity contribution in [3.05, 3.63) is 22.8 Å². The van der Waals surface area contributed by atoms with Gasteiger partial charge in [0.2, 0.25) is 0 Å². The van der Waals surface area contributed by atoms with Crippen molar-refractivity contribution in [2.24, 2.45) is 5.92 Å². The van der Waals surface area contributed by atoms with Crippen LogP contribution in [0.5, 0.6) is 0 Å². The first-order valence-electron chi connectivity index (χ1n) is 16.3. The molecule has 0 radical (unpaired) electrons. The number of ether oxygens (including phenoxy) is 5. The minimum absolute atomic E-state index is 0.0234. The number of rotatable bonds is 13. The summed E-state index contributed by atoms with van der Waals surface area (Å²) in [6.45, 7) is 12.4. The Hall–Kier alpha value is -3.25. The Balaban J connectivity index is 2.23. The van der Waals surface area contributed by atoms with E-state index in [0.29, 0.717) is 12.8 Å². The molecule has 3 aliphatic rings. The van der Waals surface area contributed by atoms with Crippen molar-refractivity contribution >= 4 is 29.8 Å². The summed E-state index contributed by atoms with van der Waals surface area (Å²) in [5.41, 5.74) is -6.12. The molecule has 0 aromatic carbocycles. The number of hydrogen-bond donors (Lipinski definition) is 2.